The van der Waals surface area contributed by atoms with Crippen LogP contribution in [0.4, 0.5) is 0 Å². The fraction of sp³-hybridized carbons (Fsp3) is 1.00. The van der Waals surface area contributed by atoms with Gasteiger partial charge in [0.05, 0.1) is 0 Å². The van der Waals surface area contributed by atoms with Gasteiger partial charge in [0.25, 0.3) is 0 Å². The highest BCUT2D eigenvalue weighted by molar-refractivity contribution is 7.99. The molecule has 15 heavy (non-hydrogen) atoms. The fourth-order valence-electron chi connectivity index (χ4n) is 2.60. The van der Waals surface area contributed by atoms with Gasteiger partial charge >= 0.3 is 0 Å². The Kier molecular flexibility index (Phi) is 5.23. The number of nitrogens with zero attached hydrogens (tertiary/aromatic N) is 1. The fourth-order valence-corrected chi connectivity index (χ4v) is 3.90. The maximum atomic E-state index is 3.48. The van der Waals surface area contributed by atoms with Crippen molar-refractivity contribution < 1.29 is 0 Å². The second kappa shape index (κ2) is 5.76. The van der Waals surface area contributed by atoms with Gasteiger partial charge in [-0.15, -0.1) is 12.4 Å². The molecule has 0 spiro atoms. The lowest BCUT2D eigenvalue weighted by molar-refractivity contribution is 0.171. The van der Waals surface area contributed by atoms with E-state index in [0.717, 1.165) is 6.04 Å². The van der Waals surface area contributed by atoms with Gasteiger partial charge in [-0.1, -0.05) is 6.92 Å². The molecule has 0 aromatic rings. The molecule has 2 unspecified atom stereocenters. The van der Waals surface area contributed by atoms with Crippen molar-refractivity contribution in [1.82, 2.24) is 10.2 Å². The van der Waals surface area contributed by atoms with Gasteiger partial charge in [0.1, 0.15) is 0 Å². The minimum absolute atomic E-state index is 0. The third-order valence-corrected chi connectivity index (χ3v) is 4.76. The maximum Gasteiger partial charge on any atom is 0.0191 e. The molecule has 2 aliphatic rings. The standard InChI is InChI=1S/C11H22N2S.ClH/c1-11(4-5-12-8-11)9-13(2)10-3-6-14-7-10;/h10,12H,3-9H2,1-2H3;1H. The molecule has 0 saturated carbocycles. The van der Waals surface area contributed by atoms with Crippen molar-refractivity contribution in [2.75, 3.05) is 38.2 Å². The molecular formula is C11H23ClN2S. The van der Waals surface area contributed by atoms with Crippen LogP contribution < -0.4 is 5.32 Å². The third kappa shape index (κ3) is 3.52. The summed E-state index contributed by atoms with van der Waals surface area (Å²) in [4.78, 5) is 2.59. The Morgan fingerprint density at radius 3 is 2.87 bits per heavy atom. The van der Waals surface area contributed by atoms with E-state index >= 15 is 0 Å². The number of nitrogens with one attached hydrogen (secondary N) is 1. The quantitative estimate of drug-likeness (QED) is 0.823. The van der Waals surface area contributed by atoms with E-state index in [4.69, 9.17) is 0 Å². The first-order valence-corrected chi connectivity index (χ1v) is 6.84. The maximum absolute atomic E-state index is 3.48. The van der Waals surface area contributed by atoms with E-state index in [1.807, 2.05) is 0 Å². The van der Waals surface area contributed by atoms with Crippen molar-refractivity contribution in [2.24, 2.45) is 5.41 Å². The van der Waals surface area contributed by atoms with Crippen LogP contribution in [0.2, 0.25) is 0 Å². The molecule has 2 heterocycles. The van der Waals surface area contributed by atoms with Gasteiger partial charge in [-0.05, 0) is 37.6 Å². The Balaban J connectivity index is 0.00000112. The van der Waals surface area contributed by atoms with E-state index < -0.39 is 0 Å². The summed E-state index contributed by atoms with van der Waals surface area (Å²) < 4.78 is 0. The van der Waals surface area contributed by atoms with E-state index in [-0.39, 0.29) is 12.4 Å². The Hall–Kier alpha value is 0.560. The normalized spacial score (nSPS) is 35.8. The molecule has 1 N–H and O–H groups in total. The van der Waals surface area contributed by atoms with Crippen LogP contribution in [0.15, 0.2) is 0 Å². The second-order valence-corrected chi connectivity index (χ2v) is 6.32. The monoisotopic (exact) mass is 250 g/mol. The average molecular weight is 251 g/mol. The minimum Gasteiger partial charge on any atom is -0.316 e. The van der Waals surface area contributed by atoms with Crippen LogP contribution in [0.1, 0.15) is 19.8 Å². The van der Waals surface area contributed by atoms with Gasteiger partial charge in [0.15, 0.2) is 0 Å². The molecule has 4 heteroatoms. The predicted octanol–water partition coefficient (Wildman–Crippen LogP) is 1.85. The zero-order chi connectivity index (χ0) is 10.0. The van der Waals surface area contributed by atoms with E-state index in [1.165, 1.54) is 44.0 Å². The topological polar surface area (TPSA) is 15.3 Å². The van der Waals surface area contributed by atoms with Crippen LogP contribution in [0.3, 0.4) is 0 Å². The lowest BCUT2D eigenvalue weighted by Gasteiger charge is -2.32. The lowest BCUT2D eigenvalue weighted by atomic mass is 9.89. The first kappa shape index (κ1) is 13.6. The molecule has 2 nitrogen and oxygen atoms in total. The molecule has 2 atom stereocenters. The summed E-state index contributed by atoms with van der Waals surface area (Å²) >= 11 is 2.11. The van der Waals surface area contributed by atoms with Gasteiger partial charge in [0.2, 0.25) is 0 Å². The Morgan fingerprint density at radius 2 is 2.33 bits per heavy atom. The van der Waals surface area contributed by atoms with E-state index in [1.54, 1.807) is 0 Å². The second-order valence-electron chi connectivity index (χ2n) is 5.17. The first-order valence-electron chi connectivity index (χ1n) is 5.68. The molecule has 0 amide bonds. The smallest absolute Gasteiger partial charge is 0.0191 e. The van der Waals surface area contributed by atoms with E-state index in [0.29, 0.717) is 5.41 Å². The SMILES string of the molecule is CN(CC1(C)CCNC1)C1CCSC1.Cl. The van der Waals surface area contributed by atoms with Gasteiger partial charge in [-0.3, -0.25) is 0 Å². The van der Waals surface area contributed by atoms with Gasteiger partial charge in [-0.2, -0.15) is 11.8 Å². The third-order valence-electron chi connectivity index (χ3n) is 3.62. The van der Waals surface area contributed by atoms with Crippen molar-refractivity contribution in [3.8, 4) is 0 Å². The van der Waals surface area contributed by atoms with Crippen LogP contribution >= 0.6 is 24.2 Å². The summed E-state index contributed by atoms with van der Waals surface area (Å²) in [6, 6.07) is 0.845. The first-order chi connectivity index (χ1) is 6.70. The predicted molar refractivity (Wildman–Crippen MR) is 71.2 cm³/mol. The van der Waals surface area contributed by atoms with Crippen molar-refractivity contribution in [1.29, 1.82) is 0 Å². The number of hydrogen-bond acceptors (Lipinski definition) is 3. The van der Waals surface area contributed by atoms with Gasteiger partial charge < -0.3 is 10.2 Å². The average Bonchev–Trinajstić information content (AvgIpc) is 2.74. The molecule has 2 saturated heterocycles. The zero-order valence-corrected chi connectivity index (χ0v) is 11.4. The minimum atomic E-state index is 0. The molecular weight excluding hydrogens is 228 g/mol. The zero-order valence-electron chi connectivity index (χ0n) is 9.79. The van der Waals surface area contributed by atoms with E-state index in [9.17, 15) is 0 Å². The Labute approximate surface area is 104 Å². The van der Waals surface area contributed by atoms with Crippen molar-refractivity contribution in [3.63, 3.8) is 0 Å². The lowest BCUT2D eigenvalue weighted by Crippen LogP contribution is -2.41. The molecule has 0 radical (unpaired) electrons. The highest BCUT2D eigenvalue weighted by Gasteiger charge is 2.32. The number of thioether (sulfide) groups is 1. The molecule has 2 aliphatic heterocycles. The Morgan fingerprint density at radius 1 is 1.53 bits per heavy atom. The van der Waals surface area contributed by atoms with Crippen molar-refractivity contribution in [3.05, 3.63) is 0 Å². The van der Waals surface area contributed by atoms with Gasteiger partial charge in [0, 0.05) is 24.9 Å². The summed E-state index contributed by atoms with van der Waals surface area (Å²) in [5.74, 6) is 2.71. The summed E-state index contributed by atoms with van der Waals surface area (Å²) in [7, 11) is 2.31. The summed E-state index contributed by atoms with van der Waals surface area (Å²) in [5, 5.41) is 3.48. The van der Waals surface area contributed by atoms with E-state index in [2.05, 4.69) is 35.9 Å². The largest absolute Gasteiger partial charge is 0.316 e. The summed E-state index contributed by atoms with van der Waals surface area (Å²) in [5.41, 5.74) is 0.530. The molecule has 0 aromatic heterocycles. The highest BCUT2D eigenvalue weighted by atomic mass is 35.5. The highest BCUT2D eigenvalue weighted by Crippen LogP contribution is 2.28. The van der Waals surface area contributed by atoms with Crippen LogP contribution in [0.5, 0.6) is 0 Å². The van der Waals surface area contributed by atoms with Crippen molar-refractivity contribution >= 4 is 24.2 Å². The number of rotatable bonds is 3. The van der Waals surface area contributed by atoms with Gasteiger partial charge in [-0.25, -0.2) is 0 Å². The van der Waals surface area contributed by atoms with Crippen LogP contribution in [-0.4, -0.2) is 49.1 Å². The Bertz CT molecular complexity index is 189. The molecule has 0 bridgehead atoms. The molecule has 2 fully saturated rings. The summed E-state index contributed by atoms with van der Waals surface area (Å²) in [6.07, 6.45) is 2.74. The summed E-state index contributed by atoms with van der Waals surface area (Å²) in [6.45, 7) is 6.11. The van der Waals surface area contributed by atoms with Crippen LogP contribution in [-0.2, 0) is 0 Å². The van der Waals surface area contributed by atoms with Crippen LogP contribution in [0, 0.1) is 5.41 Å². The molecule has 0 aliphatic carbocycles. The molecule has 0 aromatic carbocycles. The number of halogens is 1. The molecule has 90 valence electrons. The van der Waals surface area contributed by atoms with Crippen LogP contribution in [0.25, 0.3) is 0 Å². The van der Waals surface area contributed by atoms with Crippen molar-refractivity contribution in [2.45, 2.75) is 25.8 Å². The molecule has 2 rings (SSSR count). The number of hydrogen-bond donors (Lipinski definition) is 1.